The van der Waals surface area contributed by atoms with Crippen LogP contribution in [0.2, 0.25) is 0 Å². The molecule has 0 radical (unpaired) electrons. The van der Waals surface area contributed by atoms with Gasteiger partial charge in [0.15, 0.2) is 0 Å². The minimum absolute atomic E-state index is 0.213. The summed E-state index contributed by atoms with van der Waals surface area (Å²) in [5, 5.41) is 0. The van der Waals surface area contributed by atoms with Crippen molar-refractivity contribution in [1.29, 1.82) is 0 Å². The molecule has 2 fully saturated rings. The van der Waals surface area contributed by atoms with Crippen molar-refractivity contribution < 1.29 is 18.9 Å². The van der Waals surface area contributed by atoms with Crippen molar-refractivity contribution >= 4 is 0 Å². The zero-order valence-electron chi connectivity index (χ0n) is 17.6. The van der Waals surface area contributed by atoms with Gasteiger partial charge in [-0.15, -0.1) is 0 Å². The summed E-state index contributed by atoms with van der Waals surface area (Å²) in [5.41, 5.74) is 2.98. The fraction of sp³-hybridized carbons (Fsp3) is 0.520. The first-order valence-electron chi connectivity index (χ1n) is 10.7. The maximum Gasteiger partial charge on any atom is 0.119 e. The van der Waals surface area contributed by atoms with E-state index in [1.807, 2.05) is 0 Å². The van der Waals surface area contributed by atoms with E-state index in [0.717, 1.165) is 70.4 Å². The van der Waals surface area contributed by atoms with Crippen LogP contribution in [0.15, 0.2) is 48.5 Å². The van der Waals surface area contributed by atoms with Crippen LogP contribution in [0.1, 0.15) is 37.8 Å². The summed E-state index contributed by atoms with van der Waals surface area (Å²) in [6.45, 7) is 9.13. The Balaban J connectivity index is 1.26. The van der Waals surface area contributed by atoms with Crippen molar-refractivity contribution in [2.24, 2.45) is 10.8 Å². The van der Waals surface area contributed by atoms with Gasteiger partial charge in [0.2, 0.25) is 0 Å². The van der Waals surface area contributed by atoms with Gasteiger partial charge in [-0.2, -0.15) is 0 Å². The molecule has 2 heterocycles. The van der Waals surface area contributed by atoms with E-state index in [1.165, 1.54) is 11.1 Å². The Kier molecular flexibility index (Phi) is 6.12. The monoisotopic (exact) mass is 396 g/mol. The molecule has 156 valence electrons. The third-order valence-corrected chi connectivity index (χ3v) is 6.48. The lowest BCUT2D eigenvalue weighted by molar-refractivity contribution is -0.133. The van der Waals surface area contributed by atoms with Gasteiger partial charge in [-0.05, 0) is 54.7 Å². The summed E-state index contributed by atoms with van der Waals surface area (Å²) in [4.78, 5) is 0. The summed E-state index contributed by atoms with van der Waals surface area (Å²) in [6, 6.07) is 16.9. The standard InChI is InChI=1S/C25H32O4/c1-3-24(14-26-15-24)18-28-22-9-5-20(6-10-22)13-21-7-11-23(12-8-21)29-19-25(4-2)16-27-17-25/h5-12H,3-4,13-19H2,1-2H3. The van der Waals surface area contributed by atoms with Gasteiger partial charge < -0.3 is 18.9 Å². The number of hydrogen-bond donors (Lipinski definition) is 0. The highest BCUT2D eigenvalue weighted by atomic mass is 16.5. The van der Waals surface area contributed by atoms with Crippen molar-refractivity contribution in [3.05, 3.63) is 59.7 Å². The molecule has 4 nitrogen and oxygen atoms in total. The molecule has 0 N–H and O–H groups in total. The Morgan fingerprint density at radius 3 is 1.31 bits per heavy atom. The lowest BCUT2D eigenvalue weighted by atomic mass is 9.84. The second kappa shape index (κ2) is 8.76. The van der Waals surface area contributed by atoms with Gasteiger partial charge in [-0.3, -0.25) is 0 Å². The van der Waals surface area contributed by atoms with Crippen molar-refractivity contribution in [3.63, 3.8) is 0 Å². The Hall–Kier alpha value is -2.04. The van der Waals surface area contributed by atoms with E-state index in [1.54, 1.807) is 0 Å². The molecule has 29 heavy (non-hydrogen) atoms. The van der Waals surface area contributed by atoms with Crippen molar-refractivity contribution in [1.82, 2.24) is 0 Å². The zero-order chi connectivity index (χ0) is 20.2. The average Bonchev–Trinajstić information content (AvgIpc) is 2.69. The molecule has 0 atom stereocenters. The van der Waals surface area contributed by atoms with Gasteiger partial charge in [0, 0.05) is 0 Å². The third-order valence-electron chi connectivity index (χ3n) is 6.48. The van der Waals surface area contributed by atoms with Crippen LogP contribution < -0.4 is 9.47 Å². The summed E-state index contributed by atoms with van der Waals surface area (Å²) in [6.07, 6.45) is 3.09. The fourth-order valence-electron chi connectivity index (χ4n) is 3.68. The zero-order valence-corrected chi connectivity index (χ0v) is 17.6. The molecule has 0 aromatic heterocycles. The topological polar surface area (TPSA) is 36.9 Å². The molecule has 0 amide bonds. The highest BCUT2D eigenvalue weighted by Crippen LogP contribution is 2.33. The van der Waals surface area contributed by atoms with Crippen LogP contribution in [0, 0.1) is 10.8 Å². The number of hydrogen-bond acceptors (Lipinski definition) is 4. The van der Waals surface area contributed by atoms with Gasteiger partial charge in [-0.25, -0.2) is 0 Å². The van der Waals surface area contributed by atoms with Crippen molar-refractivity contribution in [2.45, 2.75) is 33.1 Å². The molecule has 0 spiro atoms. The summed E-state index contributed by atoms with van der Waals surface area (Å²) >= 11 is 0. The molecule has 2 aromatic rings. The molecule has 2 aliphatic heterocycles. The average molecular weight is 397 g/mol. The molecule has 0 saturated carbocycles. The highest BCUT2D eigenvalue weighted by Gasteiger charge is 2.38. The summed E-state index contributed by atoms with van der Waals surface area (Å²) in [5.74, 6) is 1.86. The smallest absolute Gasteiger partial charge is 0.119 e. The van der Waals surface area contributed by atoms with E-state index in [9.17, 15) is 0 Å². The highest BCUT2D eigenvalue weighted by molar-refractivity contribution is 5.34. The number of benzene rings is 2. The maximum absolute atomic E-state index is 6.00. The first kappa shape index (κ1) is 20.2. The molecular formula is C25H32O4. The fourth-order valence-corrected chi connectivity index (χ4v) is 3.68. The lowest BCUT2D eigenvalue weighted by Gasteiger charge is -2.40. The van der Waals surface area contributed by atoms with Crippen LogP contribution in [-0.2, 0) is 15.9 Å². The van der Waals surface area contributed by atoms with Crippen LogP contribution >= 0.6 is 0 Å². The van der Waals surface area contributed by atoms with E-state index < -0.39 is 0 Å². The van der Waals surface area contributed by atoms with E-state index in [-0.39, 0.29) is 10.8 Å². The van der Waals surface area contributed by atoms with E-state index in [2.05, 4.69) is 62.4 Å². The normalized spacial score (nSPS) is 19.1. The lowest BCUT2D eigenvalue weighted by Crippen LogP contribution is -2.46. The molecule has 2 aliphatic rings. The van der Waals surface area contributed by atoms with E-state index in [4.69, 9.17) is 18.9 Å². The molecule has 0 bridgehead atoms. The predicted molar refractivity (Wildman–Crippen MR) is 114 cm³/mol. The minimum Gasteiger partial charge on any atom is -0.493 e. The molecular weight excluding hydrogens is 364 g/mol. The molecule has 0 unspecified atom stereocenters. The second-order valence-electron chi connectivity index (χ2n) is 8.73. The SMILES string of the molecule is CCC1(COc2ccc(Cc3ccc(OCC4(CC)COC4)cc3)cc2)COC1. The predicted octanol–water partition coefficient (Wildman–Crippen LogP) is 4.89. The first-order valence-corrected chi connectivity index (χ1v) is 10.7. The van der Waals surface area contributed by atoms with Crippen LogP contribution in [0.3, 0.4) is 0 Å². The minimum atomic E-state index is 0.213. The Morgan fingerprint density at radius 2 is 1.03 bits per heavy atom. The second-order valence-corrected chi connectivity index (χ2v) is 8.73. The van der Waals surface area contributed by atoms with Crippen LogP contribution in [-0.4, -0.2) is 39.6 Å². The van der Waals surface area contributed by atoms with Crippen LogP contribution in [0.5, 0.6) is 11.5 Å². The van der Waals surface area contributed by atoms with E-state index >= 15 is 0 Å². The first-order chi connectivity index (χ1) is 14.1. The molecule has 0 aliphatic carbocycles. The van der Waals surface area contributed by atoms with Crippen LogP contribution in [0.25, 0.3) is 0 Å². The van der Waals surface area contributed by atoms with Gasteiger partial charge in [0.1, 0.15) is 11.5 Å². The maximum atomic E-state index is 6.00. The Labute approximate surface area is 174 Å². The van der Waals surface area contributed by atoms with Crippen molar-refractivity contribution in [2.75, 3.05) is 39.6 Å². The number of rotatable bonds is 10. The van der Waals surface area contributed by atoms with Gasteiger partial charge >= 0.3 is 0 Å². The van der Waals surface area contributed by atoms with Gasteiger partial charge in [0.05, 0.1) is 50.5 Å². The quantitative estimate of drug-likeness (QED) is 0.573. The molecule has 4 heteroatoms. The largest absolute Gasteiger partial charge is 0.493 e. The van der Waals surface area contributed by atoms with Gasteiger partial charge in [0.25, 0.3) is 0 Å². The van der Waals surface area contributed by atoms with Gasteiger partial charge in [-0.1, -0.05) is 38.1 Å². The van der Waals surface area contributed by atoms with Crippen LogP contribution in [0.4, 0.5) is 0 Å². The molecule has 2 saturated heterocycles. The third kappa shape index (κ3) is 4.76. The summed E-state index contributed by atoms with van der Waals surface area (Å²) in [7, 11) is 0. The Bertz CT molecular complexity index is 695. The molecule has 2 aromatic carbocycles. The van der Waals surface area contributed by atoms with Crippen molar-refractivity contribution in [3.8, 4) is 11.5 Å². The number of ether oxygens (including phenoxy) is 4. The van der Waals surface area contributed by atoms with E-state index in [0.29, 0.717) is 0 Å². The summed E-state index contributed by atoms with van der Waals surface area (Å²) < 4.78 is 22.7. The Morgan fingerprint density at radius 1 is 0.655 bits per heavy atom. The molecule has 4 rings (SSSR count).